The first-order valence-electron chi connectivity index (χ1n) is 11.1. The zero-order chi connectivity index (χ0) is 19.4. The second-order valence-electron chi connectivity index (χ2n) is 10.1. The van der Waals surface area contributed by atoms with Crippen LogP contribution >= 0.6 is 0 Å². The predicted octanol–water partition coefficient (Wildman–Crippen LogP) is 5.76. The van der Waals surface area contributed by atoms with Gasteiger partial charge < -0.3 is 5.11 Å². The molecule has 0 aromatic heterocycles. The van der Waals surface area contributed by atoms with Gasteiger partial charge in [0.05, 0.1) is 6.61 Å². The van der Waals surface area contributed by atoms with Crippen LogP contribution < -0.4 is 0 Å². The number of allylic oxidation sites excluding steroid dienone is 2. The number of ketones is 1. The highest BCUT2D eigenvalue weighted by atomic mass is 19.1. The van der Waals surface area contributed by atoms with Crippen molar-refractivity contribution in [2.45, 2.75) is 78.6 Å². The third kappa shape index (κ3) is 2.71. The van der Waals surface area contributed by atoms with Gasteiger partial charge in [-0.1, -0.05) is 32.8 Å². The maximum Gasteiger partial charge on any atom is 0.155 e. The molecular weight excluding hydrogens is 339 g/mol. The third-order valence-electron chi connectivity index (χ3n) is 9.16. The molecule has 0 bridgehead atoms. The molecule has 0 radical (unpaired) electrons. The Morgan fingerprint density at radius 3 is 2.70 bits per heavy atom. The smallest absolute Gasteiger partial charge is 0.155 e. The van der Waals surface area contributed by atoms with Crippen LogP contribution in [0.1, 0.15) is 78.6 Å². The zero-order valence-electron chi connectivity index (χ0n) is 17.2. The molecule has 2 nitrogen and oxygen atoms in total. The molecule has 27 heavy (non-hydrogen) atoms. The van der Waals surface area contributed by atoms with E-state index in [1.807, 2.05) is 6.08 Å². The number of halogens is 1. The van der Waals surface area contributed by atoms with E-state index in [0.717, 1.165) is 56.9 Å². The van der Waals surface area contributed by atoms with Gasteiger partial charge in [-0.2, -0.15) is 0 Å². The van der Waals surface area contributed by atoms with Crippen LogP contribution in [-0.2, 0) is 4.79 Å². The number of rotatable bonds is 3. The van der Waals surface area contributed by atoms with Gasteiger partial charge in [0.2, 0.25) is 0 Å². The van der Waals surface area contributed by atoms with Crippen LogP contribution in [0.25, 0.3) is 0 Å². The van der Waals surface area contributed by atoms with Gasteiger partial charge in [0.1, 0.15) is 5.83 Å². The molecule has 4 aliphatic carbocycles. The topological polar surface area (TPSA) is 37.3 Å². The highest BCUT2D eigenvalue weighted by Crippen LogP contribution is 2.68. The molecule has 0 heterocycles. The van der Waals surface area contributed by atoms with Crippen LogP contribution in [0.3, 0.4) is 0 Å². The van der Waals surface area contributed by atoms with Crippen molar-refractivity contribution in [2.75, 3.05) is 6.61 Å². The van der Waals surface area contributed by atoms with Gasteiger partial charge in [-0.05, 0) is 91.1 Å². The lowest BCUT2D eigenvalue weighted by molar-refractivity contribution is -0.120. The summed E-state index contributed by atoms with van der Waals surface area (Å²) in [4.78, 5) is 12.3. The Bertz CT molecular complexity index is 692. The molecule has 3 saturated carbocycles. The van der Waals surface area contributed by atoms with Gasteiger partial charge in [-0.15, -0.1) is 0 Å². The summed E-state index contributed by atoms with van der Waals surface area (Å²) in [7, 11) is 0. The zero-order valence-corrected chi connectivity index (χ0v) is 17.2. The maximum atomic E-state index is 14.4. The normalized spacial score (nSPS) is 45.7. The third-order valence-corrected chi connectivity index (χ3v) is 9.16. The lowest BCUT2D eigenvalue weighted by Gasteiger charge is -2.59. The van der Waals surface area contributed by atoms with E-state index < -0.39 is 6.61 Å². The molecule has 6 atom stereocenters. The molecule has 0 saturated heterocycles. The Hall–Kier alpha value is -0.960. The van der Waals surface area contributed by atoms with Crippen molar-refractivity contribution in [2.24, 2.45) is 34.5 Å². The molecule has 0 spiro atoms. The summed E-state index contributed by atoms with van der Waals surface area (Å²) in [5.41, 5.74) is 2.40. The van der Waals surface area contributed by atoms with Crippen LogP contribution in [0.15, 0.2) is 23.0 Å². The number of hydrogen-bond donors (Lipinski definition) is 1. The van der Waals surface area contributed by atoms with Crippen molar-refractivity contribution in [3.05, 3.63) is 23.0 Å². The number of hydrogen-bond acceptors (Lipinski definition) is 2. The monoisotopic (exact) mass is 374 g/mol. The SMILES string of the molecule is CCC[C@H]1CC(=O)C=C2CC[C@@H]3[C@H](CC[C@]4(C)C(=C(F)CO)CC[C@@H]34)[C@]21C. The summed E-state index contributed by atoms with van der Waals surface area (Å²) in [5.74, 6) is 2.31. The summed E-state index contributed by atoms with van der Waals surface area (Å²) >= 11 is 0. The summed E-state index contributed by atoms with van der Waals surface area (Å²) in [6.07, 6.45) is 11.2. The minimum Gasteiger partial charge on any atom is -0.389 e. The van der Waals surface area contributed by atoms with E-state index in [2.05, 4.69) is 20.8 Å². The molecule has 0 aromatic carbocycles. The Morgan fingerprint density at radius 2 is 2.00 bits per heavy atom. The van der Waals surface area contributed by atoms with Gasteiger partial charge in [0.25, 0.3) is 0 Å². The number of carbonyl (C=O) groups excluding carboxylic acids is 1. The van der Waals surface area contributed by atoms with Gasteiger partial charge in [0.15, 0.2) is 5.78 Å². The first-order chi connectivity index (χ1) is 12.9. The second-order valence-corrected chi connectivity index (χ2v) is 10.1. The van der Waals surface area contributed by atoms with Crippen LogP contribution in [0, 0.1) is 34.5 Å². The predicted molar refractivity (Wildman–Crippen MR) is 106 cm³/mol. The van der Waals surface area contributed by atoms with E-state index in [9.17, 15) is 14.3 Å². The lowest BCUT2D eigenvalue weighted by Crippen LogP contribution is -2.52. The van der Waals surface area contributed by atoms with E-state index in [-0.39, 0.29) is 16.7 Å². The second kappa shape index (κ2) is 6.83. The fourth-order valence-electron chi connectivity index (χ4n) is 7.87. The molecule has 3 fully saturated rings. The Labute approximate surface area is 163 Å². The van der Waals surface area contributed by atoms with Crippen molar-refractivity contribution in [1.29, 1.82) is 0 Å². The van der Waals surface area contributed by atoms with Crippen molar-refractivity contribution in [1.82, 2.24) is 0 Å². The van der Waals surface area contributed by atoms with Crippen LogP contribution in [0.4, 0.5) is 4.39 Å². The van der Waals surface area contributed by atoms with E-state index in [0.29, 0.717) is 35.9 Å². The van der Waals surface area contributed by atoms with E-state index in [1.165, 1.54) is 5.57 Å². The fraction of sp³-hybridized carbons (Fsp3) is 0.792. The first-order valence-corrected chi connectivity index (χ1v) is 11.1. The molecule has 0 aromatic rings. The average molecular weight is 375 g/mol. The van der Waals surface area contributed by atoms with E-state index in [4.69, 9.17) is 0 Å². The van der Waals surface area contributed by atoms with E-state index in [1.54, 1.807) is 0 Å². The van der Waals surface area contributed by atoms with Crippen molar-refractivity contribution in [3.63, 3.8) is 0 Å². The molecule has 0 amide bonds. The Kier molecular flexibility index (Phi) is 4.90. The van der Waals surface area contributed by atoms with E-state index >= 15 is 0 Å². The molecule has 0 aliphatic heterocycles. The van der Waals surface area contributed by atoms with Gasteiger partial charge in [0, 0.05) is 6.42 Å². The average Bonchev–Trinajstić information content (AvgIpc) is 2.99. The number of carbonyl (C=O) groups is 1. The quantitative estimate of drug-likeness (QED) is 0.682. The summed E-state index contributed by atoms with van der Waals surface area (Å²) in [5, 5.41) is 9.37. The van der Waals surface area contributed by atoms with Gasteiger partial charge in [-0.25, -0.2) is 4.39 Å². The molecule has 4 aliphatic rings. The molecular formula is C24H35FO2. The highest BCUT2D eigenvalue weighted by molar-refractivity contribution is 5.92. The van der Waals surface area contributed by atoms with Crippen molar-refractivity contribution in [3.8, 4) is 0 Å². The number of aliphatic hydroxyl groups excluding tert-OH is 1. The summed E-state index contributed by atoms with van der Waals surface area (Å²) in [6, 6.07) is 0. The lowest BCUT2D eigenvalue weighted by atomic mass is 9.44. The van der Waals surface area contributed by atoms with Gasteiger partial charge in [-0.3, -0.25) is 4.79 Å². The van der Waals surface area contributed by atoms with Crippen molar-refractivity contribution >= 4 is 5.78 Å². The largest absolute Gasteiger partial charge is 0.389 e. The summed E-state index contributed by atoms with van der Waals surface area (Å²) in [6.45, 7) is 6.49. The minimum absolute atomic E-state index is 0.0731. The first kappa shape index (κ1) is 19.4. The standard InChI is InChI=1S/C24H35FO2/c1-4-5-15-12-17(27)13-16-6-7-18-19-8-9-21(22(25)14-26)23(19,2)11-10-20(18)24(15,16)3/h13,15,18-20,26H,4-12,14H2,1-3H3/t15-,18-,19-,20-,23-,24-/m0/s1. The molecule has 3 heteroatoms. The Morgan fingerprint density at radius 1 is 1.22 bits per heavy atom. The molecule has 0 unspecified atom stereocenters. The molecule has 150 valence electrons. The minimum atomic E-state index is -0.447. The number of aliphatic hydroxyl groups is 1. The summed E-state index contributed by atoms with van der Waals surface area (Å²) < 4.78 is 14.4. The molecule has 4 rings (SSSR count). The van der Waals surface area contributed by atoms with Crippen molar-refractivity contribution < 1.29 is 14.3 Å². The van der Waals surface area contributed by atoms with Crippen LogP contribution in [0.2, 0.25) is 0 Å². The fourth-order valence-corrected chi connectivity index (χ4v) is 7.87. The maximum absolute atomic E-state index is 14.4. The molecule has 1 N–H and O–H groups in total. The van der Waals surface area contributed by atoms with Crippen LogP contribution in [0.5, 0.6) is 0 Å². The Balaban J connectivity index is 1.71. The highest BCUT2D eigenvalue weighted by Gasteiger charge is 2.59. The van der Waals surface area contributed by atoms with Crippen LogP contribution in [-0.4, -0.2) is 17.5 Å². The number of fused-ring (bicyclic) bond motifs is 5. The van der Waals surface area contributed by atoms with Gasteiger partial charge >= 0.3 is 0 Å².